The molecule has 0 aliphatic heterocycles. The van der Waals surface area contributed by atoms with E-state index in [2.05, 4.69) is 21.2 Å². The van der Waals surface area contributed by atoms with Gasteiger partial charge < -0.3 is 14.8 Å². The van der Waals surface area contributed by atoms with Crippen molar-refractivity contribution in [1.82, 2.24) is 5.32 Å². The van der Waals surface area contributed by atoms with Crippen LogP contribution in [-0.2, 0) is 16.1 Å². The molecule has 0 saturated carbocycles. The summed E-state index contributed by atoms with van der Waals surface area (Å²) in [5, 5.41) is 2.74. The molecule has 0 unspecified atom stereocenters. The van der Waals surface area contributed by atoms with E-state index in [4.69, 9.17) is 9.47 Å². The number of nitrogens with one attached hydrogen (secondary N) is 1. The largest absolute Gasteiger partial charge is 0.497 e. The average molecular weight is 392 g/mol. The number of esters is 1. The molecule has 0 fully saturated rings. The summed E-state index contributed by atoms with van der Waals surface area (Å²) in [5.41, 5.74) is 1.31. The monoisotopic (exact) mass is 391 g/mol. The highest BCUT2D eigenvalue weighted by Gasteiger charge is 2.19. The Morgan fingerprint density at radius 2 is 1.79 bits per heavy atom. The number of halogens is 1. The van der Waals surface area contributed by atoms with Crippen LogP contribution < -0.4 is 10.1 Å². The van der Waals surface area contributed by atoms with Crippen LogP contribution in [0.2, 0.25) is 0 Å². The van der Waals surface area contributed by atoms with E-state index < -0.39 is 12.1 Å². The fourth-order valence-corrected chi connectivity index (χ4v) is 2.43. The lowest BCUT2D eigenvalue weighted by Gasteiger charge is -2.14. The summed E-state index contributed by atoms with van der Waals surface area (Å²) in [6.45, 7) is 1.89. The minimum atomic E-state index is -0.886. The molecule has 2 aromatic carbocycles. The van der Waals surface area contributed by atoms with Gasteiger partial charge in [0, 0.05) is 11.0 Å². The number of rotatable bonds is 6. The van der Waals surface area contributed by atoms with Gasteiger partial charge in [-0.15, -0.1) is 0 Å². The lowest BCUT2D eigenvalue weighted by Crippen LogP contribution is -2.35. The van der Waals surface area contributed by atoms with Crippen LogP contribution >= 0.6 is 15.9 Å². The molecule has 1 N–H and O–H groups in total. The highest BCUT2D eigenvalue weighted by molar-refractivity contribution is 9.10. The first kappa shape index (κ1) is 18.0. The van der Waals surface area contributed by atoms with E-state index in [0.717, 1.165) is 11.3 Å². The number of benzene rings is 2. The highest BCUT2D eigenvalue weighted by atomic mass is 79.9. The second-order valence-electron chi connectivity index (χ2n) is 5.09. The minimum absolute atomic E-state index is 0.347. The van der Waals surface area contributed by atoms with Crippen molar-refractivity contribution in [2.75, 3.05) is 7.11 Å². The Morgan fingerprint density at radius 3 is 2.42 bits per heavy atom. The van der Waals surface area contributed by atoms with Crippen molar-refractivity contribution < 1.29 is 19.1 Å². The van der Waals surface area contributed by atoms with Crippen LogP contribution in [0.4, 0.5) is 0 Å². The molecule has 0 aliphatic carbocycles. The molecule has 5 nitrogen and oxygen atoms in total. The van der Waals surface area contributed by atoms with E-state index >= 15 is 0 Å². The third-order valence-electron chi connectivity index (χ3n) is 3.37. The topological polar surface area (TPSA) is 64.6 Å². The Morgan fingerprint density at radius 1 is 1.12 bits per heavy atom. The smallest absolute Gasteiger partial charge is 0.340 e. The molecule has 0 saturated heterocycles. The zero-order valence-electron chi connectivity index (χ0n) is 13.4. The Bertz CT molecular complexity index is 715. The van der Waals surface area contributed by atoms with Crippen LogP contribution in [0, 0.1) is 0 Å². The van der Waals surface area contributed by atoms with Crippen LogP contribution in [0.15, 0.2) is 53.0 Å². The minimum Gasteiger partial charge on any atom is -0.497 e. The van der Waals surface area contributed by atoms with E-state index in [1.165, 1.54) is 6.92 Å². The molecule has 24 heavy (non-hydrogen) atoms. The number of carbonyl (C=O) groups is 2. The summed E-state index contributed by atoms with van der Waals surface area (Å²) in [6, 6.07) is 14.3. The van der Waals surface area contributed by atoms with E-state index in [1.54, 1.807) is 31.4 Å². The molecule has 0 spiro atoms. The number of amides is 1. The van der Waals surface area contributed by atoms with Gasteiger partial charge in [-0.3, -0.25) is 4.79 Å². The van der Waals surface area contributed by atoms with Crippen LogP contribution in [0.5, 0.6) is 5.75 Å². The van der Waals surface area contributed by atoms with Crippen molar-refractivity contribution in [3.05, 3.63) is 64.1 Å². The first-order valence-corrected chi connectivity index (χ1v) is 8.16. The van der Waals surface area contributed by atoms with Crippen LogP contribution in [0.1, 0.15) is 22.8 Å². The number of methoxy groups -OCH3 is 1. The fourth-order valence-electron chi connectivity index (χ4n) is 1.98. The van der Waals surface area contributed by atoms with Crippen molar-refractivity contribution in [1.29, 1.82) is 0 Å². The molecule has 0 aliphatic rings. The summed E-state index contributed by atoms with van der Waals surface area (Å²) < 4.78 is 10.9. The molecule has 1 atom stereocenters. The Labute approximate surface area is 149 Å². The van der Waals surface area contributed by atoms with Gasteiger partial charge in [-0.25, -0.2) is 4.79 Å². The van der Waals surface area contributed by atoms with E-state index in [9.17, 15) is 9.59 Å². The van der Waals surface area contributed by atoms with Crippen LogP contribution in [0.25, 0.3) is 0 Å². The number of hydrogen-bond acceptors (Lipinski definition) is 4. The third-order valence-corrected chi connectivity index (χ3v) is 4.06. The maximum absolute atomic E-state index is 12.1. The number of ether oxygens (including phenoxy) is 2. The molecule has 0 bridgehead atoms. The molecule has 2 aromatic rings. The Kier molecular flexibility index (Phi) is 6.37. The van der Waals surface area contributed by atoms with E-state index in [1.807, 2.05) is 24.3 Å². The van der Waals surface area contributed by atoms with Gasteiger partial charge in [0.2, 0.25) is 0 Å². The van der Waals surface area contributed by atoms with Crippen LogP contribution in [-0.4, -0.2) is 25.1 Å². The van der Waals surface area contributed by atoms with E-state index in [0.29, 0.717) is 16.6 Å². The van der Waals surface area contributed by atoms with Crippen molar-refractivity contribution in [3.8, 4) is 5.75 Å². The number of carbonyl (C=O) groups excluding carboxylic acids is 2. The van der Waals surface area contributed by atoms with Crippen LogP contribution in [0.3, 0.4) is 0 Å². The van der Waals surface area contributed by atoms with Gasteiger partial charge in [-0.05, 0) is 52.7 Å². The normalized spacial score (nSPS) is 11.5. The van der Waals surface area contributed by atoms with Gasteiger partial charge in [0.05, 0.1) is 12.7 Å². The summed E-state index contributed by atoms with van der Waals surface area (Å²) in [7, 11) is 1.60. The maximum Gasteiger partial charge on any atom is 0.340 e. The number of hydrogen-bond donors (Lipinski definition) is 1. The van der Waals surface area contributed by atoms with Gasteiger partial charge in [0.1, 0.15) is 5.75 Å². The molecular weight excluding hydrogens is 374 g/mol. The van der Waals surface area contributed by atoms with E-state index in [-0.39, 0.29) is 5.91 Å². The van der Waals surface area contributed by atoms with Gasteiger partial charge in [0.25, 0.3) is 5.91 Å². The van der Waals surface area contributed by atoms with Crippen molar-refractivity contribution >= 4 is 27.8 Å². The average Bonchev–Trinajstić information content (AvgIpc) is 2.60. The van der Waals surface area contributed by atoms with Crippen molar-refractivity contribution in [2.24, 2.45) is 0 Å². The Balaban J connectivity index is 1.87. The molecule has 0 aromatic heterocycles. The van der Waals surface area contributed by atoms with Gasteiger partial charge in [-0.2, -0.15) is 0 Å². The predicted molar refractivity (Wildman–Crippen MR) is 93.9 cm³/mol. The quantitative estimate of drug-likeness (QED) is 0.767. The third kappa shape index (κ3) is 4.83. The van der Waals surface area contributed by atoms with Gasteiger partial charge in [0.15, 0.2) is 6.10 Å². The summed E-state index contributed by atoms with van der Waals surface area (Å²) in [6.07, 6.45) is -0.886. The van der Waals surface area contributed by atoms with Crippen molar-refractivity contribution in [2.45, 2.75) is 19.6 Å². The second kappa shape index (κ2) is 8.49. The first-order chi connectivity index (χ1) is 11.5. The first-order valence-electron chi connectivity index (χ1n) is 7.37. The molecule has 6 heteroatoms. The second-order valence-corrected chi connectivity index (χ2v) is 5.95. The SMILES string of the molecule is COc1ccc(CNC(=O)[C@@H](C)OC(=O)c2ccccc2Br)cc1. The predicted octanol–water partition coefficient (Wildman–Crippen LogP) is 3.32. The molecule has 126 valence electrons. The highest BCUT2D eigenvalue weighted by Crippen LogP contribution is 2.17. The molecule has 2 rings (SSSR count). The molecular formula is C18H18BrNO4. The zero-order chi connectivity index (χ0) is 17.5. The lowest BCUT2D eigenvalue weighted by atomic mass is 10.2. The van der Waals surface area contributed by atoms with Gasteiger partial charge >= 0.3 is 5.97 Å². The standard InChI is InChI=1S/C18H18BrNO4/c1-12(24-18(22)15-5-3-4-6-16(15)19)17(21)20-11-13-7-9-14(23-2)10-8-13/h3-10,12H,11H2,1-2H3,(H,20,21)/t12-/m1/s1. The maximum atomic E-state index is 12.1. The Hall–Kier alpha value is -2.34. The summed E-state index contributed by atoms with van der Waals surface area (Å²) >= 11 is 3.29. The lowest BCUT2D eigenvalue weighted by molar-refractivity contribution is -0.129. The fraction of sp³-hybridized carbons (Fsp3) is 0.222. The van der Waals surface area contributed by atoms with Gasteiger partial charge in [-0.1, -0.05) is 24.3 Å². The zero-order valence-corrected chi connectivity index (χ0v) is 15.0. The molecule has 0 radical (unpaired) electrons. The molecule has 0 heterocycles. The molecule has 1 amide bonds. The van der Waals surface area contributed by atoms with Crippen molar-refractivity contribution in [3.63, 3.8) is 0 Å². The summed E-state index contributed by atoms with van der Waals surface area (Å²) in [4.78, 5) is 24.1. The summed E-state index contributed by atoms with van der Waals surface area (Å²) in [5.74, 6) is -0.151.